The van der Waals surface area contributed by atoms with Gasteiger partial charge in [0.25, 0.3) is 0 Å². The van der Waals surface area contributed by atoms with E-state index in [-0.39, 0.29) is 11.4 Å². The van der Waals surface area contributed by atoms with Gasteiger partial charge in [-0.2, -0.15) is 9.61 Å². The molecule has 0 aliphatic heterocycles. The van der Waals surface area contributed by atoms with E-state index < -0.39 is 17.5 Å². The third-order valence-corrected chi connectivity index (χ3v) is 4.62. The number of hydrogen-bond acceptors (Lipinski definition) is 6. The molecular formula is C18H12F2N6OS. The number of carbonyl (C=O) groups excluding carboxylic acids is 1. The summed E-state index contributed by atoms with van der Waals surface area (Å²) in [7, 11) is 0. The number of aromatic nitrogens is 5. The van der Waals surface area contributed by atoms with Crippen molar-refractivity contribution in [2.45, 2.75) is 5.16 Å². The molecule has 28 heavy (non-hydrogen) atoms. The van der Waals surface area contributed by atoms with Crippen molar-refractivity contribution in [3.8, 4) is 11.4 Å². The standard InChI is InChI=1S/C18H12F2N6OS/c19-11-4-5-13(12(20)9-11)22-17(27)10-28-18-24-23-16-7-6-15(25-26(16)18)14-3-1-2-8-21-14/h1-9H,10H2,(H,22,27). The zero-order valence-electron chi connectivity index (χ0n) is 14.2. The highest BCUT2D eigenvalue weighted by atomic mass is 32.2. The van der Waals surface area contributed by atoms with Crippen molar-refractivity contribution in [2.24, 2.45) is 0 Å². The lowest BCUT2D eigenvalue weighted by Crippen LogP contribution is -2.15. The number of nitrogens with zero attached hydrogens (tertiary/aromatic N) is 5. The number of amides is 1. The lowest BCUT2D eigenvalue weighted by atomic mass is 10.2. The number of pyridine rings is 1. The first-order valence-electron chi connectivity index (χ1n) is 8.12. The van der Waals surface area contributed by atoms with Gasteiger partial charge >= 0.3 is 0 Å². The smallest absolute Gasteiger partial charge is 0.234 e. The van der Waals surface area contributed by atoms with Crippen LogP contribution in [0.4, 0.5) is 14.5 Å². The SMILES string of the molecule is O=C(CSc1nnc2ccc(-c3ccccn3)nn12)Nc1ccc(F)cc1F. The number of benzene rings is 1. The monoisotopic (exact) mass is 398 g/mol. The molecule has 1 aromatic carbocycles. The number of halogens is 2. The van der Waals surface area contributed by atoms with Crippen LogP contribution in [-0.4, -0.2) is 36.5 Å². The van der Waals surface area contributed by atoms with Crippen molar-refractivity contribution in [3.05, 3.63) is 66.4 Å². The Bertz CT molecular complexity index is 1150. The van der Waals surface area contributed by atoms with Crippen molar-refractivity contribution in [2.75, 3.05) is 11.1 Å². The molecule has 1 amide bonds. The van der Waals surface area contributed by atoms with Crippen LogP contribution in [0.3, 0.4) is 0 Å². The van der Waals surface area contributed by atoms with E-state index in [0.717, 1.165) is 17.8 Å². The third-order valence-electron chi connectivity index (χ3n) is 3.70. The zero-order chi connectivity index (χ0) is 19.5. The van der Waals surface area contributed by atoms with Gasteiger partial charge in [0, 0.05) is 12.3 Å². The van der Waals surface area contributed by atoms with Crippen molar-refractivity contribution in [1.82, 2.24) is 24.8 Å². The lowest BCUT2D eigenvalue weighted by molar-refractivity contribution is -0.113. The molecule has 0 aliphatic rings. The number of rotatable bonds is 5. The van der Waals surface area contributed by atoms with Crippen LogP contribution in [-0.2, 0) is 4.79 Å². The van der Waals surface area contributed by atoms with Gasteiger partial charge in [-0.3, -0.25) is 9.78 Å². The van der Waals surface area contributed by atoms with E-state index in [1.54, 1.807) is 18.3 Å². The van der Waals surface area contributed by atoms with Crippen LogP contribution in [0.15, 0.2) is 59.9 Å². The highest BCUT2D eigenvalue weighted by molar-refractivity contribution is 7.99. The van der Waals surface area contributed by atoms with Gasteiger partial charge in [0.05, 0.1) is 17.1 Å². The summed E-state index contributed by atoms with van der Waals surface area (Å²) in [5.74, 6) is -2.07. The average Bonchev–Trinajstić information content (AvgIpc) is 3.11. The minimum absolute atomic E-state index is 0.0485. The Kier molecular flexibility index (Phi) is 4.94. The molecule has 0 bridgehead atoms. The summed E-state index contributed by atoms with van der Waals surface area (Å²) in [6.45, 7) is 0. The van der Waals surface area contributed by atoms with Crippen LogP contribution in [0.1, 0.15) is 0 Å². The van der Waals surface area contributed by atoms with Crippen molar-refractivity contribution < 1.29 is 13.6 Å². The number of thioether (sulfide) groups is 1. The van der Waals surface area contributed by atoms with Crippen LogP contribution < -0.4 is 5.32 Å². The maximum absolute atomic E-state index is 13.6. The minimum Gasteiger partial charge on any atom is -0.323 e. The molecule has 3 heterocycles. The number of fused-ring (bicyclic) bond motifs is 1. The van der Waals surface area contributed by atoms with Crippen LogP contribution in [0.2, 0.25) is 0 Å². The first-order chi connectivity index (χ1) is 13.6. The molecule has 4 aromatic rings. The first-order valence-corrected chi connectivity index (χ1v) is 9.10. The fraction of sp³-hybridized carbons (Fsp3) is 0.0556. The van der Waals surface area contributed by atoms with Gasteiger partial charge in [-0.15, -0.1) is 10.2 Å². The molecular weight excluding hydrogens is 386 g/mol. The van der Waals surface area contributed by atoms with Gasteiger partial charge in [0.2, 0.25) is 11.1 Å². The second-order valence-electron chi connectivity index (χ2n) is 5.65. The highest BCUT2D eigenvalue weighted by Gasteiger charge is 2.13. The summed E-state index contributed by atoms with van der Waals surface area (Å²) in [4.78, 5) is 16.3. The maximum Gasteiger partial charge on any atom is 0.234 e. The predicted molar refractivity (Wildman–Crippen MR) is 99.7 cm³/mol. The van der Waals surface area contributed by atoms with Gasteiger partial charge in [0.1, 0.15) is 17.3 Å². The van der Waals surface area contributed by atoms with E-state index in [0.29, 0.717) is 28.3 Å². The van der Waals surface area contributed by atoms with E-state index in [4.69, 9.17) is 0 Å². The molecule has 0 radical (unpaired) electrons. The fourth-order valence-corrected chi connectivity index (χ4v) is 3.10. The topological polar surface area (TPSA) is 85.1 Å². The fourth-order valence-electron chi connectivity index (χ4n) is 2.42. The molecule has 140 valence electrons. The summed E-state index contributed by atoms with van der Waals surface area (Å²) in [5, 5.41) is 15.3. The number of hydrogen-bond donors (Lipinski definition) is 1. The summed E-state index contributed by atoms with van der Waals surface area (Å²) in [6.07, 6.45) is 1.67. The maximum atomic E-state index is 13.6. The summed E-state index contributed by atoms with van der Waals surface area (Å²) >= 11 is 1.09. The second kappa shape index (κ2) is 7.69. The third kappa shape index (κ3) is 3.81. The summed E-state index contributed by atoms with van der Waals surface area (Å²) in [6, 6.07) is 12.0. The Hall–Kier alpha value is -3.40. The van der Waals surface area contributed by atoms with E-state index >= 15 is 0 Å². The molecule has 0 saturated heterocycles. The molecule has 0 fully saturated rings. The molecule has 0 spiro atoms. The van der Waals surface area contributed by atoms with Crippen molar-refractivity contribution >= 4 is 29.0 Å². The quantitative estimate of drug-likeness (QED) is 0.520. The van der Waals surface area contributed by atoms with Gasteiger partial charge < -0.3 is 5.32 Å². The van der Waals surface area contributed by atoms with Crippen LogP contribution in [0.25, 0.3) is 17.0 Å². The largest absolute Gasteiger partial charge is 0.323 e. The Morgan fingerprint density at radius 2 is 1.96 bits per heavy atom. The second-order valence-corrected chi connectivity index (χ2v) is 6.59. The van der Waals surface area contributed by atoms with E-state index in [2.05, 4.69) is 25.6 Å². The zero-order valence-corrected chi connectivity index (χ0v) is 15.0. The van der Waals surface area contributed by atoms with E-state index in [1.807, 2.05) is 18.2 Å². The van der Waals surface area contributed by atoms with Crippen molar-refractivity contribution in [3.63, 3.8) is 0 Å². The number of carbonyl (C=O) groups is 1. The van der Waals surface area contributed by atoms with Gasteiger partial charge in [-0.05, 0) is 36.4 Å². The Labute approximate surface area is 161 Å². The summed E-state index contributed by atoms with van der Waals surface area (Å²) < 4.78 is 28.1. The molecule has 4 rings (SSSR count). The number of anilines is 1. The van der Waals surface area contributed by atoms with Crippen LogP contribution in [0.5, 0.6) is 0 Å². The lowest BCUT2D eigenvalue weighted by Gasteiger charge is -2.06. The van der Waals surface area contributed by atoms with Crippen LogP contribution in [0, 0.1) is 11.6 Å². The first kappa shape index (κ1) is 18.0. The molecule has 0 unspecified atom stereocenters. The molecule has 1 N–H and O–H groups in total. The molecule has 0 saturated carbocycles. The van der Waals surface area contributed by atoms with Gasteiger partial charge in [-0.1, -0.05) is 17.8 Å². The Morgan fingerprint density at radius 3 is 2.75 bits per heavy atom. The molecule has 0 aliphatic carbocycles. The molecule has 0 atom stereocenters. The average molecular weight is 398 g/mol. The number of nitrogens with one attached hydrogen (secondary N) is 1. The molecule has 7 nitrogen and oxygen atoms in total. The molecule has 3 aromatic heterocycles. The molecule has 10 heteroatoms. The predicted octanol–water partition coefficient (Wildman–Crippen LogP) is 3.20. The van der Waals surface area contributed by atoms with Gasteiger partial charge in [-0.25, -0.2) is 8.78 Å². The van der Waals surface area contributed by atoms with Crippen molar-refractivity contribution in [1.29, 1.82) is 0 Å². The van der Waals surface area contributed by atoms with Crippen LogP contribution >= 0.6 is 11.8 Å². The van der Waals surface area contributed by atoms with E-state index in [9.17, 15) is 13.6 Å². The minimum atomic E-state index is -0.840. The Morgan fingerprint density at radius 1 is 1.07 bits per heavy atom. The van der Waals surface area contributed by atoms with Gasteiger partial charge in [0.15, 0.2) is 5.65 Å². The Balaban J connectivity index is 1.49. The van der Waals surface area contributed by atoms with E-state index in [1.165, 1.54) is 10.6 Å². The highest BCUT2D eigenvalue weighted by Crippen LogP contribution is 2.20. The normalized spacial score (nSPS) is 10.9. The summed E-state index contributed by atoms with van der Waals surface area (Å²) in [5.41, 5.74) is 1.76.